The highest BCUT2D eigenvalue weighted by molar-refractivity contribution is 9.10. The summed E-state index contributed by atoms with van der Waals surface area (Å²) in [4.78, 5) is 27.8. The Morgan fingerprint density at radius 1 is 0.973 bits per heavy atom. The fraction of sp³-hybridized carbons (Fsp3) is 0.500. The number of benzene rings is 2. The third kappa shape index (κ3) is 5.72. The zero-order chi connectivity index (χ0) is 25.9. The maximum atomic E-state index is 14.0. The van der Waals surface area contributed by atoms with E-state index in [2.05, 4.69) is 57.2 Å². The molecule has 0 heterocycles. The number of nitrogens with zero attached hydrogens (tertiary/aromatic N) is 1. The number of hydrogen-bond donors (Lipinski definition) is 0. The Morgan fingerprint density at radius 3 is 2.30 bits per heavy atom. The number of methoxy groups -OCH3 is 1. The second kappa shape index (κ2) is 11.1. The highest BCUT2D eigenvalue weighted by atomic mass is 79.9. The molecule has 6 rings (SSSR count). The summed E-state index contributed by atoms with van der Waals surface area (Å²) in [5.41, 5.74) is 3.80. The molecule has 4 aliphatic rings. The molecule has 5 heteroatoms. The van der Waals surface area contributed by atoms with Crippen LogP contribution in [-0.4, -0.2) is 25.5 Å². The first-order valence-electron chi connectivity index (χ1n) is 13.9. The predicted molar refractivity (Wildman–Crippen MR) is 152 cm³/mol. The Morgan fingerprint density at radius 2 is 1.65 bits per heavy atom. The summed E-state index contributed by atoms with van der Waals surface area (Å²) >= 11 is 3.58. The van der Waals surface area contributed by atoms with Crippen LogP contribution in [0, 0.1) is 11.3 Å². The molecule has 4 nitrogen and oxygen atoms in total. The van der Waals surface area contributed by atoms with Crippen LogP contribution < -0.4 is 4.90 Å². The number of amides is 1. The fourth-order valence-electron chi connectivity index (χ4n) is 6.97. The van der Waals surface area contributed by atoms with Crippen LogP contribution in [0.5, 0.6) is 0 Å². The fourth-order valence-corrected chi connectivity index (χ4v) is 7.23. The van der Waals surface area contributed by atoms with Gasteiger partial charge in [-0.2, -0.15) is 0 Å². The molecule has 2 bridgehead atoms. The number of rotatable bonds is 7. The molecule has 2 aromatic carbocycles. The Balaban J connectivity index is 1.39. The Hall–Kier alpha value is -2.40. The summed E-state index contributed by atoms with van der Waals surface area (Å²) < 4.78 is 5.89. The molecule has 37 heavy (non-hydrogen) atoms. The molecule has 0 spiro atoms. The summed E-state index contributed by atoms with van der Waals surface area (Å²) in [5, 5.41) is 0. The van der Waals surface area contributed by atoms with Gasteiger partial charge in [-0.15, -0.1) is 0 Å². The molecule has 0 unspecified atom stereocenters. The number of anilines is 1. The minimum absolute atomic E-state index is 0.119. The average molecular weight is 565 g/mol. The minimum Gasteiger partial charge on any atom is -0.466 e. The molecule has 0 aromatic heterocycles. The summed E-state index contributed by atoms with van der Waals surface area (Å²) in [6, 6.07) is 17.0. The van der Waals surface area contributed by atoms with Crippen molar-refractivity contribution in [3.05, 3.63) is 70.2 Å². The lowest BCUT2D eigenvalue weighted by atomic mass is 9.51. The average Bonchev–Trinajstić information content (AvgIpc) is 2.96. The molecule has 0 radical (unpaired) electrons. The first kappa shape index (κ1) is 26.2. The highest BCUT2D eigenvalue weighted by Gasteiger charge is 2.50. The van der Waals surface area contributed by atoms with Crippen molar-refractivity contribution >= 4 is 39.6 Å². The van der Waals surface area contributed by atoms with Crippen molar-refractivity contribution in [3.63, 3.8) is 0 Å². The molecule has 0 saturated heterocycles. The standard InChI is InChI=1S/C32H38BrNO3/c1-37-29(35)15-10-24-6-5-9-28(22-24)34(30(36)25-7-3-2-4-8-25)23-31-16-19-32(20-17-31,21-18-31)26-11-13-27(33)14-12-26/h5-6,9-15,22,25H,2-4,7-8,16-21,23H2,1H3/b15-10+. The van der Waals surface area contributed by atoms with Crippen molar-refractivity contribution in [1.29, 1.82) is 0 Å². The number of ether oxygens (including phenoxy) is 1. The number of esters is 1. The van der Waals surface area contributed by atoms with E-state index in [1.54, 1.807) is 6.08 Å². The van der Waals surface area contributed by atoms with Gasteiger partial charge < -0.3 is 9.64 Å². The number of halogens is 1. The summed E-state index contributed by atoms with van der Waals surface area (Å²) in [6.45, 7) is 0.795. The van der Waals surface area contributed by atoms with E-state index in [4.69, 9.17) is 4.74 Å². The van der Waals surface area contributed by atoms with Gasteiger partial charge in [-0.1, -0.05) is 59.5 Å². The molecule has 4 fully saturated rings. The molecule has 0 atom stereocenters. The molecule has 2 aromatic rings. The maximum Gasteiger partial charge on any atom is 0.330 e. The maximum absolute atomic E-state index is 14.0. The number of carbonyl (C=O) groups is 2. The first-order valence-corrected chi connectivity index (χ1v) is 14.6. The Labute approximate surface area is 229 Å². The van der Waals surface area contributed by atoms with Crippen molar-refractivity contribution in [1.82, 2.24) is 0 Å². The largest absolute Gasteiger partial charge is 0.466 e. The van der Waals surface area contributed by atoms with Gasteiger partial charge in [0.05, 0.1) is 7.11 Å². The monoisotopic (exact) mass is 563 g/mol. The van der Waals surface area contributed by atoms with Crippen LogP contribution in [-0.2, 0) is 19.7 Å². The normalized spacial score (nSPS) is 25.8. The number of fused-ring (bicyclic) bond motifs is 3. The van der Waals surface area contributed by atoms with Gasteiger partial charge in [0.2, 0.25) is 5.91 Å². The minimum atomic E-state index is -0.377. The van der Waals surface area contributed by atoms with E-state index in [0.29, 0.717) is 11.3 Å². The van der Waals surface area contributed by atoms with Crippen molar-refractivity contribution < 1.29 is 14.3 Å². The number of carbonyl (C=O) groups excluding carboxylic acids is 2. The van der Waals surface area contributed by atoms with Gasteiger partial charge in [-0.25, -0.2) is 4.79 Å². The van der Waals surface area contributed by atoms with Crippen LogP contribution >= 0.6 is 15.9 Å². The van der Waals surface area contributed by atoms with Crippen molar-refractivity contribution in [2.75, 3.05) is 18.6 Å². The topological polar surface area (TPSA) is 46.6 Å². The molecular weight excluding hydrogens is 526 g/mol. The van der Waals surface area contributed by atoms with Crippen LogP contribution in [0.3, 0.4) is 0 Å². The number of hydrogen-bond acceptors (Lipinski definition) is 3. The van der Waals surface area contributed by atoms with Crippen LogP contribution in [0.1, 0.15) is 81.8 Å². The third-order valence-electron chi connectivity index (χ3n) is 9.37. The van der Waals surface area contributed by atoms with E-state index in [1.807, 2.05) is 12.1 Å². The van der Waals surface area contributed by atoms with E-state index in [1.165, 1.54) is 63.7 Å². The second-order valence-electron chi connectivity index (χ2n) is 11.5. The Bertz CT molecular complexity index is 1120. The SMILES string of the molecule is COC(=O)/C=C/c1cccc(N(CC23CCC(c4ccc(Br)cc4)(CC2)CC3)C(=O)C2CCCCC2)c1. The molecule has 0 N–H and O–H groups in total. The quantitative estimate of drug-likeness (QED) is 0.254. The lowest BCUT2D eigenvalue weighted by Gasteiger charge is -2.55. The molecule has 1 amide bonds. The van der Waals surface area contributed by atoms with E-state index < -0.39 is 0 Å². The van der Waals surface area contributed by atoms with E-state index >= 15 is 0 Å². The first-order chi connectivity index (χ1) is 17.9. The summed E-state index contributed by atoms with van der Waals surface area (Å²) in [7, 11) is 1.38. The summed E-state index contributed by atoms with van der Waals surface area (Å²) in [5.74, 6) is 0.0324. The lowest BCUT2D eigenvalue weighted by Crippen LogP contribution is -2.51. The third-order valence-corrected chi connectivity index (χ3v) is 9.90. The summed E-state index contributed by atoms with van der Waals surface area (Å²) in [6.07, 6.45) is 15.8. The van der Waals surface area contributed by atoms with Crippen LogP contribution in [0.15, 0.2) is 59.1 Å². The van der Waals surface area contributed by atoms with Crippen LogP contribution in [0.25, 0.3) is 6.08 Å². The smallest absolute Gasteiger partial charge is 0.330 e. The van der Waals surface area contributed by atoms with Gasteiger partial charge in [-0.05, 0) is 104 Å². The molecule has 0 aliphatic heterocycles. The molecule has 196 valence electrons. The molecular formula is C32H38BrNO3. The van der Waals surface area contributed by atoms with Gasteiger partial charge in [0.25, 0.3) is 0 Å². The molecule has 4 aliphatic carbocycles. The van der Waals surface area contributed by atoms with Gasteiger partial charge in [-0.3, -0.25) is 4.79 Å². The van der Waals surface area contributed by atoms with E-state index in [9.17, 15) is 9.59 Å². The Kier molecular flexibility index (Phi) is 7.90. The van der Waals surface area contributed by atoms with Crippen molar-refractivity contribution in [3.8, 4) is 0 Å². The van der Waals surface area contributed by atoms with Gasteiger partial charge in [0.1, 0.15) is 0 Å². The predicted octanol–water partition coefficient (Wildman–Crippen LogP) is 7.84. The zero-order valence-corrected chi connectivity index (χ0v) is 23.5. The zero-order valence-electron chi connectivity index (χ0n) is 21.9. The molecule has 4 saturated carbocycles. The highest BCUT2D eigenvalue weighted by Crippen LogP contribution is 2.58. The van der Waals surface area contributed by atoms with Crippen molar-refractivity contribution in [2.45, 2.75) is 76.0 Å². The van der Waals surface area contributed by atoms with Gasteiger partial charge in [0.15, 0.2) is 0 Å². The van der Waals surface area contributed by atoms with Gasteiger partial charge >= 0.3 is 5.97 Å². The van der Waals surface area contributed by atoms with Crippen LogP contribution in [0.2, 0.25) is 0 Å². The van der Waals surface area contributed by atoms with Crippen LogP contribution in [0.4, 0.5) is 5.69 Å². The lowest BCUT2D eigenvalue weighted by molar-refractivity contribution is -0.134. The van der Waals surface area contributed by atoms with Crippen molar-refractivity contribution in [2.24, 2.45) is 11.3 Å². The van der Waals surface area contributed by atoms with E-state index in [0.717, 1.165) is 48.0 Å². The van der Waals surface area contributed by atoms with E-state index in [-0.39, 0.29) is 17.3 Å². The van der Waals surface area contributed by atoms with Gasteiger partial charge in [0, 0.05) is 28.7 Å². The second-order valence-corrected chi connectivity index (χ2v) is 12.4.